The van der Waals surface area contributed by atoms with Crippen molar-refractivity contribution in [3.05, 3.63) is 23.8 Å². The van der Waals surface area contributed by atoms with E-state index in [0.717, 1.165) is 42.4 Å². The molecule has 5 nitrogen and oxygen atoms in total. The second kappa shape index (κ2) is 10.1. The molecule has 0 aromatic heterocycles. The van der Waals surface area contributed by atoms with Crippen molar-refractivity contribution in [3.63, 3.8) is 0 Å². The highest BCUT2D eigenvalue weighted by molar-refractivity contribution is 14.0. The van der Waals surface area contributed by atoms with Gasteiger partial charge in [0.1, 0.15) is 0 Å². The lowest BCUT2D eigenvalue weighted by molar-refractivity contribution is 0.198. The van der Waals surface area contributed by atoms with Gasteiger partial charge in [0, 0.05) is 18.2 Å². The van der Waals surface area contributed by atoms with Gasteiger partial charge < -0.3 is 20.1 Å². The Kier molecular flexibility index (Phi) is 8.12. The molecule has 25 heavy (non-hydrogen) atoms. The SMILES string of the molecule is CCNC(=NCc1cccc(OC)c1OC1CCCC1)NC1CC1.I. The van der Waals surface area contributed by atoms with Crippen LogP contribution in [0.4, 0.5) is 0 Å². The first-order valence-corrected chi connectivity index (χ1v) is 9.17. The van der Waals surface area contributed by atoms with Crippen LogP contribution >= 0.6 is 24.0 Å². The van der Waals surface area contributed by atoms with Crippen LogP contribution in [-0.4, -0.2) is 31.8 Å². The molecular formula is C19H30IN3O2. The van der Waals surface area contributed by atoms with E-state index >= 15 is 0 Å². The smallest absolute Gasteiger partial charge is 0.191 e. The topological polar surface area (TPSA) is 54.9 Å². The standard InChI is InChI=1S/C19H29N3O2.HI/c1-3-20-19(22-15-11-12-15)21-13-14-7-6-10-17(23-2)18(14)24-16-8-4-5-9-16;/h6-7,10,15-16H,3-5,8-9,11-13H2,1-2H3,(H2,20,21,22);1H. The van der Waals surface area contributed by atoms with Crippen LogP contribution in [0, 0.1) is 0 Å². The van der Waals surface area contributed by atoms with E-state index in [1.165, 1.54) is 25.7 Å². The molecule has 2 aliphatic carbocycles. The lowest BCUT2D eigenvalue weighted by Crippen LogP contribution is -2.38. The number of nitrogens with one attached hydrogen (secondary N) is 2. The zero-order valence-electron chi connectivity index (χ0n) is 15.2. The molecule has 0 atom stereocenters. The van der Waals surface area contributed by atoms with Crippen molar-refractivity contribution in [2.24, 2.45) is 4.99 Å². The quantitative estimate of drug-likeness (QED) is 0.370. The van der Waals surface area contributed by atoms with Gasteiger partial charge in [-0.15, -0.1) is 24.0 Å². The number of rotatable bonds is 7. The molecule has 0 aliphatic heterocycles. The molecule has 0 radical (unpaired) electrons. The maximum atomic E-state index is 6.28. The van der Waals surface area contributed by atoms with Gasteiger partial charge in [0.05, 0.1) is 19.8 Å². The van der Waals surface area contributed by atoms with Gasteiger partial charge in [-0.3, -0.25) is 0 Å². The second-order valence-corrected chi connectivity index (χ2v) is 6.59. The van der Waals surface area contributed by atoms with Crippen LogP contribution in [0.2, 0.25) is 0 Å². The average molecular weight is 459 g/mol. The zero-order chi connectivity index (χ0) is 16.8. The van der Waals surface area contributed by atoms with Crippen LogP contribution in [-0.2, 0) is 6.54 Å². The van der Waals surface area contributed by atoms with E-state index in [2.05, 4.69) is 23.6 Å². The highest BCUT2D eigenvalue weighted by atomic mass is 127. The van der Waals surface area contributed by atoms with Crippen molar-refractivity contribution in [2.45, 2.75) is 64.1 Å². The summed E-state index contributed by atoms with van der Waals surface area (Å²) in [6, 6.07) is 6.64. The Balaban J connectivity index is 0.00000225. The highest BCUT2D eigenvalue weighted by Gasteiger charge is 2.23. The van der Waals surface area contributed by atoms with E-state index in [4.69, 9.17) is 14.5 Å². The van der Waals surface area contributed by atoms with Crippen LogP contribution in [0.15, 0.2) is 23.2 Å². The minimum atomic E-state index is 0. The number of guanidine groups is 1. The third-order valence-electron chi connectivity index (χ3n) is 4.54. The lowest BCUT2D eigenvalue weighted by atomic mass is 10.1. The molecule has 0 bridgehead atoms. The molecule has 0 heterocycles. The summed E-state index contributed by atoms with van der Waals surface area (Å²) in [6.45, 7) is 3.54. The van der Waals surface area contributed by atoms with E-state index in [0.29, 0.717) is 18.7 Å². The maximum Gasteiger partial charge on any atom is 0.191 e. The van der Waals surface area contributed by atoms with E-state index in [1.807, 2.05) is 12.1 Å². The van der Waals surface area contributed by atoms with E-state index < -0.39 is 0 Å². The predicted molar refractivity (Wildman–Crippen MR) is 112 cm³/mol. The van der Waals surface area contributed by atoms with Crippen molar-refractivity contribution in [1.29, 1.82) is 0 Å². The number of hydrogen-bond donors (Lipinski definition) is 2. The lowest BCUT2D eigenvalue weighted by Gasteiger charge is -2.19. The molecule has 1 aromatic carbocycles. The average Bonchev–Trinajstić information content (AvgIpc) is 3.26. The Morgan fingerprint density at radius 2 is 1.96 bits per heavy atom. The molecule has 2 saturated carbocycles. The molecule has 2 N–H and O–H groups in total. The molecule has 0 amide bonds. The first-order chi connectivity index (χ1) is 11.8. The molecule has 2 fully saturated rings. The summed E-state index contributed by atoms with van der Waals surface area (Å²) in [5.74, 6) is 2.54. The zero-order valence-corrected chi connectivity index (χ0v) is 17.5. The predicted octanol–water partition coefficient (Wildman–Crippen LogP) is 3.85. The normalized spacial score (nSPS) is 17.8. The first-order valence-electron chi connectivity index (χ1n) is 9.17. The fraction of sp³-hybridized carbons (Fsp3) is 0.632. The summed E-state index contributed by atoms with van der Waals surface area (Å²) in [5.41, 5.74) is 1.08. The third kappa shape index (κ3) is 5.94. The largest absolute Gasteiger partial charge is 0.493 e. The maximum absolute atomic E-state index is 6.28. The number of benzene rings is 1. The summed E-state index contributed by atoms with van der Waals surface area (Å²) in [6.07, 6.45) is 7.55. The van der Waals surface area contributed by atoms with Gasteiger partial charge in [-0.05, 0) is 51.5 Å². The van der Waals surface area contributed by atoms with Gasteiger partial charge in [0.15, 0.2) is 17.5 Å². The minimum absolute atomic E-state index is 0. The summed E-state index contributed by atoms with van der Waals surface area (Å²) >= 11 is 0. The van der Waals surface area contributed by atoms with Crippen LogP contribution in [0.5, 0.6) is 11.5 Å². The van der Waals surface area contributed by atoms with Crippen LogP contribution in [0.3, 0.4) is 0 Å². The molecule has 3 rings (SSSR count). The van der Waals surface area contributed by atoms with Crippen LogP contribution in [0.25, 0.3) is 0 Å². The molecule has 0 spiro atoms. The minimum Gasteiger partial charge on any atom is -0.493 e. The number of methoxy groups -OCH3 is 1. The Morgan fingerprint density at radius 1 is 1.20 bits per heavy atom. The van der Waals surface area contributed by atoms with Gasteiger partial charge in [0.2, 0.25) is 0 Å². The van der Waals surface area contributed by atoms with Crippen molar-refractivity contribution in [2.75, 3.05) is 13.7 Å². The molecule has 0 saturated heterocycles. The van der Waals surface area contributed by atoms with Gasteiger partial charge in [0.25, 0.3) is 0 Å². The molecule has 0 unspecified atom stereocenters. The summed E-state index contributed by atoms with van der Waals surface area (Å²) in [4.78, 5) is 4.73. The monoisotopic (exact) mass is 459 g/mol. The van der Waals surface area contributed by atoms with Gasteiger partial charge in [-0.1, -0.05) is 12.1 Å². The molecular weight excluding hydrogens is 429 g/mol. The van der Waals surface area contributed by atoms with Crippen LogP contribution in [0.1, 0.15) is 51.0 Å². The number of ether oxygens (including phenoxy) is 2. The second-order valence-electron chi connectivity index (χ2n) is 6.59. The Hall–Kier alpha value is -1.18. The van der Waals surface area contributed by atoms with Crippen molar-refractivity contribution >= 4 is 29.9 Å². The number of aliphatic imine (C=N–C) groups is 1. The van der Waals surface area contributed by atoms with Gasteiger partial charge >= 0.3 is 0 Å². The van der Waals surface area contributed by atoms with Gasteiger partial charge in [-0.2, -0.15) is 0 Å². The fourth-order valence-electron chi connectivity index (χ4n) is 3.06. The molecule has 6 heteroatoms. The summed E-state index contributed by atoms with van der Waals surface area (Å²) in [5, 5.41) is 6.76. The van der Waals surface area contributed by atoms with Crippen LogP contribution < -0.4 is 20.1 Å². The summed E-state index contributed by atoms with van der Waals surface area (Å²) in [7, 11) is 1.70. The van der Waals surface area contributed by atoms with Crippen molar-refractivity contribution < 1.29 is 9.47 Å². The Labute approximate surface area is 168 Å². The first kappa shape index (κ1) is 20.1. The third-order valence-corrected chi connectivity index (χ3v) is 4.54. The van der Waals surface area contributed by atoms with E-state index in [1.54, 1.807) is 7.11 Å². The fourth-order valence-corrected chi connectivity index (χ4v) is 3.06. The van der Waals surface area contributed by atoms with Crippen molar-refractivity contribution in [1.82, 2.24) is 10.6 Å². The molecule has 2 aliphatic rings. The number of halogens is 1. The Morgan fingerprint density at radius 3 is 2.60 bits per heavy atom. The van der Waals surface area contributed by atoms with Crippen molar-refractivity contribution in [3.8, 4) is 11.5 Å². The molecule has 1 aromatic rings. The van der Waals surface area contributed by atoms with Gasteiger partial charge in [-0.25, -0.2) is 4.99 Å². The van der Waals surface area contributed by atoms with E-state index in [-0.39, 0.29) is 24.0 Å². The molecule has 140 valence electrons. The summed E-state index contributed by atoms with van der Waals surface area (Å²) < 4.78 is 11.8. The highest BCUT2D eigenvalue weighted by Crippen LogP contribution is 2.35. The van der Waals surface area contributed by atoms with E-state index in [9.17, 15) is 0 Å². The number of nitrogens with zero attached hydrogens (tertiary/aromatic N) is 1. The number of hydrogen-bond acceptors (Lipinski definition) is 3. The Bertz CT molecular complexity index is 570. The number of para-hydroxylation sites is 1.